The van der Waals surface area contributed by atoms with Crippen molar-refractivity contribution in [2.45, 2.75) is 4.90 Å². The van der Waals surface area contributed by atoms with Crippen molar-refractivity contribution in [2.24, 2.45) is 0 Å². The third-order valence-corrected chi connectivity index (χ3v) is 7.24. The van der Waals surface area contributed by atoms with Crippen LogP contribution in [0, 0.1) is 11.3 Å². The number of hydrogen-bond donors (Lipinski definition) is 2. The summed E-state index contributed by atoms with van der Waals surface area (Å²) in [6.45, 7) is 0. The van der Waals surface area contributed by atoms with Crippen LogP contribution < -0.4 is 20.1 Å². The molecule has 0 saturated carbocycles. The van der Waals surface area contributed by atoms with E-state index in [1.54, 1.807) is 30.3 Å². The van der Waals surface area contributed by atoms with Crippen LogP contribution in [0.2, 0.25) is 0 Å². The van der Waals surface area contributed by atoms with Gasteiger partial charge in [-0.1, -0.05) is 36.4 Å². The summed E-state index contributed by atoms with van der Waals surface area (Å²) in [5.74, 6) is 0.638. The first-order chi connectivity index (χ1) is 18.0. The first-order valence-corrected chi connectivity index (χ1v) is 13.0. The van der Waals surface area contributed by atoms with Gasteiger partial charge in [0.25, 0.3) is 5.91 Å². The van der Waals surface area contributed by atoms with E-state index in [4.69, 9.17) is 9.47 Å². The van der Waals surface area contributed by atoms with E-state index in [9.17, 15) is 14.9 Å². The van der Waals surface area contributed by atoms with E-state index >= 15 is 0 Å². The summed E-state index contributed by atoms with van der Waals surface area (Å²) in [6.07, 6.45) is 0. The van der Waals surface area contributed by atoms with Crippen molar-refractivity contribution in [2.75, 3.05) is 30.6 Å². The second-order valence-electron chi connectivity index (χ2n) is 7.72. The zero-order valence-corrected chi connectivity index (χ0v) is 21.7. The largest absolute Gasteiger partial charge is 0.493 e. The van der Waals surface area contributed by atoms with Gasteiger partial charge >= 0.3 is 0 Å². The lowest BCUT2D eigenvalue weighted by Gasteiger charge is -2.11. The quantitative estimate of drug-likeness (QED) is 0.247. The molecule has 4 rings (SSSR count). The van der Waals surface area contributed by atoms with Crippen LogP contribution in [-0.4, -0.2) is 31.8 Å². The van der Waals surface area contributed by atoms with Crippen molar-refractivity contribution in [1.82, 2.24) is 0 Å². The van der Waals surface area contributed by atoms with Crippen LogP contribution in [-0.2, 0) is 4.79 Å². The Bertz CT molecular complexity index is 1460. The van der Waals surface area contributed by atoms with Crippen molar-refractivity contribution in [3.05, 3.63) is 89.3 Å². The SMILES string of the molecule is COc1ccc(C(=O)Nc2cccc(SCC(=O)Nc3scc(-c4ccccc4)c3C#N)c2)cc1OC. The molecule has 7 nitrogen and oxygen atoms in total. The number of hydrogen-bond acceptors (Lipinski definition) is 7. The van der Waals surface area contributed by atoms with Crippen LogP contribution in [0.15, 0.2) is 83.1 Å². The fourth-order valence-corrected chi connectivity index (χ4v) is 5.24. The van der Waals surface area contributed by atoms with Crippen molar-refractivity contribution >= 4 is 45.6 Å². The van der Waals surface area contributed by atoms with E-state index in [0.717, 1.165) is 16.0 Å². The van der Waals surface area contributed by atoms with Gasteiger partial charge in [0.1, 0.15) is 11.1 Å². The van der Waals surface area contributed by atoms with Gasteiger partial charge in [-0.2, -0.15) is 5.26 Å². The molecule has 0 radical (unpaired) electrons. The number of thioether (sulfide) groups is 1. The molecular formula is C28H23N3O4S2. The topological polar surface area (TPSA) is 100 Å². The molecule has 4 aromatic rings. The molecular weight excluding hydrogens is 506 g/mol. The number of carbonyl (C=O) groups is 2. The van der Waals surface area contributed by atoms with E-state index in [0.29, 0.717) is 33.3 Å². The van der Waals surface area contributed by atoms with Crippen molar-refractivity contribution in [1.29, 1.82) is 5.26 Å². The third-order valence-electron chi connectivity index (χ3n) is 5.35. The Balaban J connectivity index is 1.37. The van der Waals surface area contributed by atoms with Crippen LogP contribution in [0.1, 0.15) is 15.9 Å². The first kappa shape index (κ1) is 25.8. The average molecular weight is 530 g/mol. The van der Waals surface area contributed by atoms with E-state index in [2.05, 4.69) is 16.7 Å². The molecule has 0 atom stereocenters. The van der Waals surface area contributed by atoms with E-state index in [1.165, 1.54) is 37.3 Å². The molecule has 0 aliphatic rings. The van der Waals surface area contributed by atoms with Gasteiger partial charge < -0.3 is 20.1 Å². The van der Waals surface area contributed by atoms with Gasteiger partial charge in [0.05, 0.1) is 25.5 Å². The first-order valence-electron chi connectivity index (χ1n) is 11.2. The number of rotatable bonds is 9. The maximum atomic E-state index is 12.7. The Morgan fingerprint density at radius 1 is 0.946 bits per heavy atom. The number of nitrogens with zero attached hydrogens (tertiary/aromatic N) is 1. The summed E-state index contributed by atoms with van der Waals surface area (Å²) >= 11 is 2.66. The molecule has 2 amide bonds. The minimum atomic E-state index is -0.295. The predicted molar refractivity (Wildman–Crippen MR) is 148 cm³/mol. The number of carbonyl (C=O) groups excluding carboxylic acids is 2. The number of amides is 2. The number of anilines is 2. The number of nitrogens with one attached hydrogen (secondary N) is 2. The molecule has 1 aromatic heterocycles. The monoisotopic (exact) mass is 529 g/mol. The van der Waals surface area contributed by atoms with Crippen molar-refractivity contribution in [3.8, 4) is 28.7 Å². The minimum Gasteiger partial charge on any atom is -0.493 e. The van der Waals surface area contributed by atoms with Gasteiger partial charge in [-0.15, -0.1) is 23.1 Å². The molecule has 0 fully saturated rings. The van der Waals surface area contributed by atoms with Gasteiger partial charge in [-0.05, 0) is 42.0 Å². The summed E-state index contributed by atoms with van der Waals surface area (Å²) in [7, 11) is 3.05. The lowest BCUT2D eigenvalue weighted by atomic mass is 10.1. The van der Waals surface area contributed by atoms with Gasteiger partial charge in [-0.25, -0.2) is 0 Å². The molecule has 0 aliphatic carbocycles. The predicted octanol–water partition coefficient (Wildman–Crippen LogP) is 6.29. The standard InChI is InChI=1S/C28H23N3O4S2/c1-34-24-12-11-19(13-25(24)35-2)27(33)30-20-9-6-10-21(14-20)36-17-26(32)31-28-22(15-29)23(16-37-28)18-7-4-3-5-8-18/h3-14,16H,17H2,1-2H3,(H,30,33)(H,31,32). The molecule has 0 bridgehead atoms. The van der Waals surface area contributed by atoms with Gasteiger partial charge in [0, 0.05) is 27.1 Å². The molecule has 0 spiro atoms. The molecule has 9 heteroatoms. The molecule has 186 valence electrons. The molecule has 0 unspecified atom stereocenters. The van der Waals surface area contributed by atoms with Crippen LogP contribution >= 0.6 is 23.1 Å². The Labute approximate surface area is 223 Å². The fraction of sp³-hybridized carbons (Fsp3) is 0.107. The summed E-state index contributed by atoms with van der Waals surface area (Å²) < 4.78 is 10.5. The van der Waals surface area contributed by atoms with E-state index in [-0.39, 0.29) is 17.6 Å². The average Bonchev–Trinajstić information content (AvgIpc) is 3.34. The highest BCUT2D eigenvalue weighted by Crippen LogP contribution is 2.35. The number of thiophene rings is 1. The second kappa shape index (κ2) is 12.1. The van der Waals surface area contributed by atoms with Crippen molar-refractivity contribution in [3.63, 3.8) is 0 Å². The zero-order valence-electron chi connectivity index (χ0n) is 20.1. The summed E-state index contributed by atoms with van der Waals surface area (Å²) in [5, 5.41) is 17.8. The molecule has 0 aliphatic heterocycles. The van der Waals surface area contributed by atoms with Crippen molar-refractivity contribution < 1.29 is 19.1 Å². The highest BCUT2D eigenvalue weighted by molar-refractivity contribution is 8.00. The van der Waals surface area contributed by atoms with Gasteiger partial charge in [0.2, 0.25) is 5.91 Å². The number of methoxy groups -OCH3 is 2. The lowest BCUT2D eigenvalue weighted by molar-refractivity contribution is -0.113. The van der Waals surface area contributed by atoms with Crippen LogP contribution in [0.5, 0.6) is 11.5 Å². The lowest BCUT2D eigenvalue weighted by Crippen LogP contribution is -2.14. The maximum Gasteiger partial charge on any atom is 0.255 e. The highest BCUT2D eigenvalue weighted by atomic mass is 32.2. The fourth-order valence-electron chi connectivity index (χ4n) is 3.55. The second-order valence-corrected chi connectivity index (χ2v) is 9.65. The van der Waals surface area contributed by atoms with Gasteiger partial charge in [0.15, 0.2) is 11.5 Å². The molecule has 37 heavy (non-hydrogen) atoms. The van der Waals surface area contributed by atoms with E-state index < -0.39 is 0 Å². The highest BCUT2D eigenvalue weighted by Gasteiger charge is 2.16. The number of ether oxygens (including phenoxy) is 2. The maximum absolute atomic E-state index is 12.7. The molecule has 0 saturated heterocycles. The normalized spacial score (nSPS) is 10.3. The summed E-state index contributed by atoms with van der Waals surface area (Å²) in [6, 6.07) is 24.0. The number of nitriles is 1. The Morgan fingerprint density at radius 3 is 2.46 bits per heavy atom. The van der Waals surface area contributed by atoms with Crippen LogP contribution in [0.4, 0.5) is 10.7 Å². The summed E-state index contributed by atoms with van der Waals surface area (Å²) in [4.78, 5) is 26.2. The molecule has 3 aromatic carbocycles. The molecule has 1 heterocycles. The zero-order chi connectivity index (χ0) is 26.2. The van der Waals surface area contributed by atoms with Crippen LogP contribution in [0.25, 0.3) is 11.1 Å². The third kappa shape index (κ3) is 6.30. The van der Waals surface area contributed by atoms with Crippen LogP contribution in [0.3, 0.4) is 0 Å². The Kier molecular flexibility index (Phi) is 8.46. The molecule has 2 N–H and O–H groups in total. The summed E-state index contributed by atoms with van der Waals surface area (Å²) in [5.41, 5.74) is 3.21. The van der Waals surface area contributed by atoms with E-state index in [1.807, 2.05) is 47.8 Å². The van der Waals surface area contributed by atoms with Gasteiger partial charge in [-0.3, -0.25) is 9.59 Å². The smallest absolute Gasteiger partial charge is 0.255 e. The number of benzene rings is 3. The minimum absolute atomic E-state index is 0.149. The Morgan fingerprint density at radius 2 is 1.73 bits per heavy atom. The Hall–Kier alpha value is -4.26.